The van der Waals surface area contributed by atoms with Crippen LogP contribution in [-0.4, -0.2) is 35.1 Å². The highest BCUT2D eigenvalue weighted by molar-refractivity contribution is 6.04. The van der Waals surface area contributed by atoms with E-state index in [1.54, 1.807) is 13.3 Å². The number of likely N-dealkylation sites (N-methyl/N-ethyl adjacent to an activating group) is 1. The van der Waals surface area contributed by atoms with Gasteiger partial charge in [-0.25, -0.2) is 0 Å². The van der Waals surface area contributed by atoms with Gasteiger partial charge in [0.2, 0.25) is 6.23 Å². The molecule has 2 rings (SSSR count). The van der Waals surface area contributed by atoms with Gasteiger partial charge < -0.3 is 14.6 Å². The SMILES string of the molecule is Cc1c2c(cn1C)N(C)C(=O)C(O)N=C2. The summed E-state index contributed by atoms with van der Waals surface area (Å²) in [5.41, 5.74) is 2.67. The molecule has 5 heteroatoms. The summed E-state index contributed by atoms with van der Waals surface area (Å²) in [6, 6.07) is 0. The molecule has 1 atom stereocenters. The molecule has 0 bridgehead atoms. The van der Waals surface area contributed by atoms with Crippen molar-refractivity contribution in [3.8, 4) is 0 Å². The Bertz CT molecular complexity index is 448. The predicted molar refractivity (Wildman–Crippen MR) is 57.2 cm³/mol. The zero-order valence-electron chi connectivity index (χ0n) is 8.93. The third-order valence-electron chi connectivity index (χ3n) is 2.77. The number of carbonyl (C=O) groups is 1. The van der Waals surface area contributed by atoms with Gasteiger partial charge in [-0.1, -0.05) is 0 Å². The summed E-state index contributed by atoms with van der Waals surface area (Å²) in [4.78, 5) is 16.8. The second-order valence-electron chi connectivity index (χ2n) is 3.67. The number of carbonyl (C=O) groups excluding carboxylic acids is 1. The van der Waals surface area contributed by atoms with Gasteiger partial charge in [0, 0.05) is 37.8 Å². The number of aromatic nitrogens is 1. The molecule has 1 amide bonds. The molecule has 0 saturated carbocycles. The molecule has 1 unspecified atom stereocenters. The van der Waals surface area contributed by atoms with E-state index in [0.717, 1.165) is 16.9 Å². The average molecular weight is 207 g/mol. The van der Waals surface area contributed by atoms with Crippen LogP contribution in [0.3, 0.4) is 0 Å². The first-order valence-corrected chi connectivity index (χ1v) is 4.67. The van der Waals surface area contributed by atoms with Crippen molar-refractivity contribution < 1.29 is 9.90 Å². The van der Waals surface area contributed by atoms with Gasteiger partial charge in [-0.05, 0) is 6.92 Å². The standard InChI is InChI=1S/C10H13N3O2/c1-6-7-4-11-9(14)10(15)13(3)8(7)5-12(6)2/h4-5,9,14H,1-3H3. The van der Waals surface area contributed by atoms with Gasteiger partial charge in [-0.2, -0.15) is 0 Å². The largest absolute Gasteiger partial charge is 0.364 e. The van der Waals surface area contributed by atoms with Gasteiger partial charge >= 0.3 is 0 Å². The summed E-state index contributed by atoms with van der Waals surface area (Å²) in [6.45, 7) is 1.95. The van der Waals surface area contributed by atoms with E-state index in [9.17, 15) is 9.90 Å². The Morgan fingerprint density at radius 3 is 2.80 bits per heavy atom. The molecule has 5 nitrogen and oxygen atoms in total. The smallest absolute Gasteiger partial charge is 0.278 e. The van der Waals surface area contributed by atoms with E-state index in [1.807, 2.05) is 24.7 Å². The fourth-order valence-electron chi connectivity index (χ4n) is 1.65. The average Bonchev–Trinajstić information content (AvgIpc) is 2.45. The minimum atomic E-state index is -1.29. The van der Waals surface area contributed by atoms with Gasteiger partial charge in [0.25, 0.3) is 5.91 Å². The van der Waals surface area contributed by atoms with Crippen molar-refractivity contribution in [3.63, 3.8) is 0 Å². The molecule has 80 valence electrons. The predicted octanol–water partition coefficient (Wildman–Crippen LogP) is 0.0472. The highest BCUT2D eigenvalue weighted by Crippen LogP contribution is 2.25. The van der Waals surface area contributed by atoms with Gasteiger partial charge in [-0.3, -0.25) is 9.79 Å². The number of hydrogen-bond donors (Lipinski definition) is 1. The molecule has 0 saturated heterocycles. The Hall–Kier alpha value is -1.62. The third-order valence-corrected chi connectivity index (χ3v) is 2.77. The number of rotatable bonds is 0. The molecular formula is C10H13N3O2. The summed E-state index contributed by atoms with van der Waals surface area (Å²) in [5.74, 6) is -0.407. The van der Waals surface area contributed by atoms with Crippen LogP contribution >= 0.6 is 0 Å². The van der Waals surface area contributed by atoms with Crippen LogP contribution < -0.4 is 4.90 Å². The molecule has 15 heavy (non-hydrogen) atoms. The summed E-state index contributed by atoms with van der Waals surface area (Å²) < 4.78 is 1.93. The maximum atomic E-state index is 11.6. The van der Waals surface area contributed by atoms with Crippen LogP contribution in [-0.2, 0) is 11.8 Å². The monoisotopic (exact) mass is 207 g/mol. The molecule has 0 fully saturated rings. The Balaban J connectivity index is 2.61. The van der Waals surface area contributed by atoms with E-state index in [4.69, 9.17) is 0 Å². The fourth-order valence-corrected chi connectivity index (χ4v) is 1.65. The molecule has 1 N–H and O–H groups in total. The molecule has 1 aromatic rings. The van der Waals surface area contributed by atoms with Crippen molar-refractivity contribution in [2.45, 2.75) is 13.2 Å². The van der Waals surface area contributed by atoms with E-state index < -0.39 is 12.1 Å². The van der Waals surface area contributed by atoms with Gasteiger partial charge in [0.15, 0.2) is 0 Å². The van der Waals surface area contributed by atoms with Gasteiger partial charge in [-0.15, -0.1) is 0 Å². The second-order valence-corrected chi connectivity index (χ2v) is 3.67. The number of nitrogens with zero attached hydrogens (tertiary/aromatic N) is 3. The Morgan fingerprint density at radius 2 is 2.13 bits per heavy atom. The number of amides is 1. The lowest BCUT2D eigenvalue weighted by molar-refractivity contribution is -0.125. The number of aliphatic hydroxyl groups excluding tert-OH is 1. The van der Waals surface area contributed by atoms with Gasteiger partial charge in [0.1, 0.15) is 0 Å². The summed E-state index contributed by atoms with van der Waals surface area (Å²) >= 11 is 0. The zero-order chi connectivity index (χ0) is 11.2. The van der Waals surface area contributed by atoms with Crippen LogP contribution in [0.2, 0.25) is 0 Å². The third kappa shape index (κ3) is 1.35. The van der Waals surface area contributed by atoms with Crippen LogP contribution in [0.5, 0.6) is 0 Å². The summed E-state index contributed by atoms with van der Waals surface area (Å²) in [5, 5.41) is 9.38. The second kappa shape index (κ2) is 3.20. The lowest BCUT2D eigenvalue weighted by atomic mass is 10.2. The Kier molecular flexibility index (Phi) is 2.12. The first-order valence-electron chi connectivity index (χ1n) is 4.67. The number of aliphatic imine (C=N–C) groups is 1. The minimum absolute atomic E-state index is 0.407. The van der Waals surface area contributed by atoms with Crippen molar-refractivity contribution in [1.29, 1.82) is 0 Å². The van der Waals surface area contributed by atoms with Crippen LogP contribution in [0, 0.1) is 6.92 Å². The Morgan fingerprint density at radius 1 is 1.47 bits per heavy atom. The van der Waals surface area contributed by atoms with Crippen LogP contribution in [0.15, 0.2) is 11.2 Å². The highest BCUT2D eigenvalue weighted by Gasteiger charge is 2.26. The van der Waals surface area contributed by atoms with Gasteiger partial charge in [0.05, 0.1) is 5.69 Å². The molecule has 1 aliphatic heterocycles. The van der Waals surface area contributed by atoms with E-state index >= 15 is 0 Å². The van der Waals surface area contributed by atoms with E-state index in [0.29, 0.717) is 0 Å². The van der Waals surface area contributed by atoms with Crippen molar-refractivity contribution in [3.05, 3.63) is 17.5 Å². The van der Waals surface area contributed by atoms with E-state index in [1.165, 1.54) is 4.90 Å². The Labute approximate surface area is 87.6 Å². The van der Waals surface area contributed by atoms with Crippen LogP contribution in [0.1, 0.15) is 11.3 Å². The molecule has 0 aromatic carbocycles. The van der Waals surface area contributed by atoms with E-state index in [2.05, 4.69) is 4.99 Å². The number of aliphatic hydroxyl groups is 1. The van der Waals surface area contributed by atoms with Crippen molar-refractivity contribution in [2.75, 3.05) is 11.9 Å². The number of fused-ring (bicyclic) bond motifs is 1. The van der Waals surface area contributed by atoms with Crippen molar-refractivity contribution in [2.24, 2.45) is 12.0 Å². The van der Waals surface area contributed by atoms with Crippen molar-refractivity contribution >= 4 is 17.8 Å². The molecule has 2 heterocycles. The quantitative estimate of drug-likeness (QED) is 0.653. The highest BCUT2D eigenvalue weighted by atomic mass is 16.3. The summed E-state index contributed by atoms with van der Waals surface area (Å²) in [7, 11) is 3.55. The minimum Gasteiger partial charge on any atom is -0.364 e. The molecular weight excluding hydrogens is 194 g/mol. The van der Waals surface area contributed by atoms with Crippen LogP contribution in [0.4, 0.5) is 5.69 Å². The number of hydrogen-bond acceptors (Lipinski definition) is 3. The molecule has 1 aromatic heterocycles. The molecule has 0 aliphatic carbocycles. The number of anilines is 1. The molecule has 0 radical (unpaired) electrons. The lowest BCUT2D eigenvalue weighted by Gasteiger charge is -2.15. The summed E-state index contributed by atoms with van der Waals surface area (Å²) in [6.07, 6.45) is 2.12. The maximum Gasteiger partial charge on any atom is 0.278 e. The first kappa shape index (κ1) is 9.92. The zero-order valence-corrected chi connectivity index (χ0v) is 8.93. The van der Waals surface area contributed by atoms with Crippen molar-refractivity contribution in [1.82, 2.24) is 4.57 Å². The maximum absolute atomic E-state index is 11.6. The normalized spacial score (nSPS) is 20.4. The topological polar surface area (TPSA) is 57.8 Å². The van der Waals surface area contributed by atoms with E-state index in [-0.39, 0.29) is 0 Å². The fraction of sp³-hybridized carbons (Fsp3) is 0.400. The number of aryl methyl sites for hydroxylation is 1. The molecule has 0 spiro atoms. The first-order chi connectivity index (χ1) is 7.02. The van der Waals surface area contributed by atoms with Crippen LogP contribution in [0.25, 0.3) is 0 Å². The lowest BCUT2D eigenvalue weighted by Crippen LogP contribution is -2.34. The molecule has 1 aliphatic rings.